The second kappa shape index (κ2) is 9.06. The van der Waals surface area contributed by atoms with Gasteiger partial charge in [-0.25, -0.2) is 13.1 Å². The summed E-state index contributed by atoms with van der Waals surface area (Å²) >= 11 is 8.15. The fourth-order valence-electron chi connectivity index (χ4n) is 4.17. The van der Waals surface area contributed by atoms with Gasteiger partial charge < -0.3 is 0 Å². The summed E-state index contributed by atoms with van der Waals surface area (Å²) in [5.74, 6) is 0. The third-order valence-electron chi connectivity index (χ3n) is 5.83. The molecule has 3 heterocycles. The number of hydrogen-bond acceptors (Lipinski definition) is 5. The van der Waals surface area contributed by atoms with Gasteiger partial charge in [-0.1, -0.05) is 35.9 Å². The number of benzene rings is 2. The van der Waals surface area contributed by atoms with Gasteiger partial charge in [0.25, 0.3) is 0 Å². The third-order valence-corrected chi connectivity index (χ3v) is 8.42. The quantitative estimate of drug-likeness (QED) is 0.332. The second-order valence-corrected chi connectivity index (χ2v) is 11.8. The van der Waals surface area contributed by atoms with E-state index in [0.29, 0.717) is 9.92 Å². The van der Waals surface area contributed by atoms with Gasteiger partial charge in [0.05, 0.1) is 31.9 Å². The molecule has 0 unspecified atom stereocenters. The zero-order valence-corrected chi connectivity index (χ0v) is 20.6. The van der Waals surface area contributed by atoms with Crippen LogP contribution in [0.3, 0.4) is 0 Å². The number of sulfone groups is 1. The SMILES string of the molecule is CS(=O)(=O)c1cccc(-c2ccc(-c3cc(CN4CCCC4)nn3-c3ccccc3Cl)s2)c1. The van der Waals surface area contributed by atoms with E-state index in [1.165, 1.54) is 19.1 Å². The van der Waals surface area contributed by atoms with Crippen LogP contribution in [0.25, 0.3) is 26.7 Å². The van der Waals surface area contributed by atoms with E-state index in [1.807, 2.05) is 41.1 Å². The summed E-state index contributed by atoms with van der Waals surface area (Å²) in [7, 11) is -3.26. The van der Waals surface area contributed by atoms with Crippen LogP contribution in [0.1, 0.15) is 18.5 Å². The molecular formula is C25H24ClN3O2S2. The molecule has 1 aliphatic rings. The number of likely N-dealkylation sites (tertiary alicyclic amines) is 1. The predicted molar refractivity (Wildman–Crippen MR) is 135 cm³/mol. The molecule has 0 bridgehead atoms. The molecule has 1 saturated heterocycles. The van der Waals surface area contributed by atoms with Crippen molar-refractivity contribution in [2.75, 3.05) is 19.3 Å². The molecule has 0 spiro atoms. The maximum absolute atomic E-state index is 12.0. The maximum Gasteiger partial charge on any atom is 0.175 e. The number of rotatable bonds is 6. The van der Waals surface area contributed by atoms with E-state index < -0.39 is 9.84 Å². The monoisotopic (exact) mass is 497 g/mol. The molecule has 5 nitrogen and oxygen atoms in total. The highest BCUT2D eigenvalue weighted by Crippen LogP contribution is 2.37. The van der Waals surface area contributed by atoms with E-state index in [9.17, 15) is 8.42 Å². The van der Waals surface area contributed by atoms with E-state index in [0.717, 1.165) is 52.0 Å². The van der Waals surface area contributed by atoms with Crippen molar-refractivity contribution >= 4 is 32.8 Å². The molecule has 0 atom stereocenters. The number of para-hydroxylation sites is 1. The Bertz CT molecular complexity index is 1400. The lowest BCUT2D eigenvalue weighted by Gasteiger charge is -2.12. The van der Waals surface area contributed by atoms with Crippen molar-refractivity contribution in [1.82, 2.24) is 14.7 Å². The zero-order chi connectivity index (χ0) is 23.0. The van der Waals surface area contributed by atoms with Gasteiger partial charge in [0, 0.05) is 17.7 Å². The lowest BCUT2D eigenvalue weighted by Crippen LogP contribution is -2.18. The Morgan fingerprint density at radius 2 is 1.73 bits per heavy atom. The fourth-order valence-corrected chi connectivity index (χ4v) is 6.06. The topological polar surface area (TPSA) is 55.2 Å². The first-order valence-electron chi connectivity index (χ1n) is 10.9. The summed E-state index contributed by atoms with van der Waals surface area (Å²) in [5.41, 5.74) is 3.72. The number of thiophene rings is 1. The first-order valence-corrected chi connectivity index (χ1v) is 13.9. The van der Waals surface area contributed by atoms with Crippen LogP contribution in [-0.4, -0.2) is 42.4 Å². The Hall–Kier alpha value is -2.45. The zero-order valence-electron chi connectivity index (χ0n) is 18.2. The highest BCUT2D eigenvalue weighted by atomic mass is 35.5. The lowest BCUT2D eigenvalue weighted by atomic mass is 10.2. The summed E-state index contributed by atoms with van der Waals surface area (Å²) in [4.78, 5) is 4.81. The van der Waals surface area contributed by atoms with E-state index >= 15 is 0 Å². The minimum Gasteiger partial charge on any atom is -0.297 e. The standard InChI is InChI=1S/C25H24ClN3O2S2/c1-33(30,31)20-8-6-7-18(15-20)24-11-12-25(32-24)23-16-19(17-28-13-4-5-14-28)27-29(23)22-10-3-2-9-21(22)26/h2-3,6-12,15-16H,4-5,13-14,17H2,1H3. The second-order valence-electron chi connectivity index (χ2n) is 8.33. The van der Waals surface area contributed by atoms with Crippen molar-refractivity contribution in [3.8, 4) is 26.7 Å². The Morgan fingerprint density at radius 1 is 0.970 bits per heavy atom. The molecule has 0 amide bonds. The average molecular weight is 498 g/mol. The molecule has 170 valence electrons. The summed E-state index contributed by atoms with van der Waals surface area (Å²) in [6.45, 7) is 3.03. The molecule has 5 rings (SSSR count). The molecule has 33 heavy (non-hydrogen) atoms. The van der Waals surface area contributed by atoms with Crippen molar-refractivity contribution in [3.63, 3.8) is 0 Å². The summed E-state index contributed by atoms with van der Waals surface area (Å²) in [5, 5.41) is 5.57. The Balaban J connectivity index is 1.56. The normalized spacial score (nSPS) is 14.7. The van der Waals surface area contributed by atoms with Crippen molar-refractivity contribution in [1.29, 1.82) is 0 Å². The maximum atomic E-state index is 12.0. The van der Waals surface area contributed by atoms with Gasteiger partial charge in [-0.05, 0) is 74.0 Å². The molecule has 0 aliphatic carbocycles. The van der Waals surface area contributed by atoms with Crippen molar-refractivity contribution in [2.45, 2.75) is 24.3 Å². The van der Waals surface area contributed by atoms with Gasteiger partial charge in [-0.3, -0.25) is 4.90 Å². The molecule has 0 N–H and O–H groups in total. The molecule has 0 saturated carbocycles. The van der Waals surface area contributed by atoms with E-state index in [-0.39, 0.29) is 0 Å². The molecule has 2 aromatic carbocycles. The van der Waals surface area contributed by atoms with Crippen LogP contribution in [0, 0.1) is 0 Å². The summed E-state index contributed by atoms with van der Waals surface area (Å²) in [6, 6.07) is 21.1. The van der Waals surface area contributed by atoms with Gasteiger partial charge in [0.15, 0.2) is 9.84 Å². The number of hydrogen-bond donors (Lipinski definition) is 0. The van der Waals surface area contributed by atoms with Crippen LogP contribution in [0.5, 0.6) is 0 Å². The van der Waals surface area contributed by atoms with Gasteiger partial charge in [0.1, 0.15) is 0 Å². The van der Waals surface area contributed by atoms with Gasteiger partial charge >= 0.3 is 0 Å². The number of aromatic nitrogens is 2. The average Bonchev–Trinajstić information content (AvgIpc) is 3.55. The lowest BCUT2D eigenvalue weighted by molar-refractivity contribution is 0.326. The Kier molecular flexibility index (Phi) is 6.14. The molecule has 1 fully saturated rings. The van der Waals surface area contributed by atoms with Crippen LogP contribution < -0.4 is 0 Å². The van der Waals surface area contributed by atoms with Gasteiger partial charge in [-0.15, -0.1) is 11.3 Å². The highest BCUT2D eigenvalue weighted by molar-refractivity contribution is 7.90. The van der Waals surface area contributed by atoms with Crippen LogP contribution in [0.15, 0.2) is 71.6 Å². The van der Waals surface area contributed by atoms with Crippen LogP contribution in [0.4, 0.5) is 0 Å². The summed E-state index contributed by atoms with van der Waals surface area (Å²) < 4.78 is 25.9. The first kappa shape index (κ1) is 22.3. The Labute approximate surface area is 203 Å². The molecule has 1 aliphatic heterocycles. The smallest absolute Gasteiger partial charge is 0.175 e. The predicted octanol–water partition coefficient (Wildman–Crippen LogP) is 5.92. The molecule has 0 radical (unpaired) electrons. The molecular weight excluding hydrogens is 474 g/mol. The summed E-state index contributed by atoms with van der Waals surface area (Å²) in [6.07, 6.45) is 3.70. The Morgan fingerprint density at radius 3 is 2.48 bits per heavy atom. The van der Waals surface area contributed by atoms with E-state index in [4.69, 9.17) is 16.7 Å². The van der Waals surface area contributed by atoms with E-state index in [1.54, 1.807) is 29.5 Å². The molecule has 8 heteroatoms. The number of halogens is 1. The van der Waals surface area contributed by atoms with Crippen molar-refractivity contribution in [2.24, 2.45) is 0 Å². The fraction of sp³-hybridized carbons (Fsp3) is 0.240. The van der Waals surface area contributed by atoms with Gasteiger partial charge in [-0.2, -0.15) is 5.10 Å². The molecule has 4 aromatic rings. The number of nitrogens with zero attached hydrogens (tertiary/aromatic N) is 3. The van der Waals surface area contributed by atoms with Gasteiger partial charge in [0.2, 0.25) is 0 Å². The largest absolute Gasteiger partial charge is 0.297 e. The van der Waals surface area contributed by atoms with Crippen LogP contribution in [0.2, 0.25) is 5.02 Å². The van der Waals surface area contributed by atoms with Crippen LogP contribution in [-0.2, 0) is 16.4 Å². The van der Waals surface area contributed by atoms with Crippen molar-refractivity contribution in [3.05, 3.63) is 77.4 Å². The highest BCUT2D eigenvalue weighted by Gasteiger charge is 2.19. The van der Waals surface area contributed by atoms with E-state index in [2.05, 4.69) is 17.0 Å². The minimum absolute atomic E-state index is 0.323. The first-order chi connectivity index (χ1) is 15.9. The van der Waals surface area contributed by atoms with Crippen molar-refractivity contribution < 1.29 is 8.42 Å². The minimum atomic E-state index is -3.26. The molecule has 2 aromatic heterocycles. The third kappa shape index (κ3) is 4.77. The van der Waals surface area contributed by atoms with Crippen LogP contribution >= 0.6 is 22.9 Å².